The first-order valence-electron chi connectivity index (χ1n) is 10.8. The number of ether oxygens (including phenoxy) is 2. The van der Waals surface area contributed by atoms with Crippen LogP contribution in [0.25, 0.3) is 16.7 Å². The Morgan fingerprint density at radius 3 is 2.53 bits per heavy atom. The Balaban J connectivity index is 1.54. The maximum absolute atomic E-state index is 13.2. The zero-order valence-electron chi connectivity index (χ0n) is 19.1. The number of H-pyrrole nitrogens is 1. The van der Waals surface area contributed by atoms with E-state index in [1.807, 2.05) is 38.1 Å². The van der Waals surface area contributed by atoms with Gasteiger partial charge in [-0.05, 0) is 55.8 Å². The van der Waals surface area contributed by atoms with Gasteiger partial charge in [-0.15, -0.1) is 0 Å². The summed E-state index contributed by atoms with van der Waals surface area (Å²) in [6, 6.07) is 14.5. The van der Waals surface area contributed by atoms with Crippen LogP contribution >= 0.6 is 11.8 Å². The van der Waals surface area contributed by atoms with Crippen molar-refractivity contribution in [1.82, 2.24) is 25.1 Å². The highest BCUT2D eigenvalue weighted by molar-refractivity contribution is 7.99. The van der Waals surface area contributed by atoms with E-state index in [-0.39, 0.29) is 23.3 Å². The second kappa shape index (κ2) is 10.4. The third-order valence-corrected chi connectivity index (χ3v) is 6.12. The van der Waals surface area contributed by atoms with E-state index in [1.54, 1.807) is 31.4 Å². The van der Waals surface area contributed by atoms with Gasteiger partial charge in [-0.3, -0.25) is 19.3 Å². The summed E-state index contributed by atoms with van der Waals surface area (Å²) in [4.78, 5) is 30.4. The molecule has 0 bridgehead atoms. The highest BCUT2D eigenvalue weighted by atomic mass is 32.2. The molecule has 1 atom stereocenters. The Bertz CT molecular complexity index is 1330. The van der Waals surface area contributed by atoms with Crippen molar-refractivity contribution in [2.75, 3.05) is 19.5 Å². The first-order chi connectivity index (χ1) is 16.5. The van der Waals surface area contributed by atoms with Crippen molar-refractivity contribution in [2.24, 2.45) is 0 Å². The van der Waals surface area contributed by atoms with Gasteiger partial charge in [-0.1, -0.05) is 23.9 Å². The normalized spacial score (nSPS) is 11.9. The largest absolute Gasteiger partial charge is 0.497 e. The molecule has 0 spiro atoms. The molecule has 1 amide bonds. The molecule has 0 aliphatic heterocycles. The standard InChI is InChI=1S/C24H25N5O4S/c1-4-33-19-11-7-17(8-12-19)29-23(31)20-13-25-28-22(20)27-24(29)34-14-21(30)26-15(2)16-5-9-18(32-3)10-6-16/h5-13,15H,4,14H2,1-3H3,(H,25,28)(H,26,30)/t15-/m0/s1. The highest BCUT2D eigenvalue weighted by Crippen LogP contribution is 2.23. The summed E-state index contributed by atoms with van der Waals surface area (Å²) in [6.07, 6.45) is 1.45. The van der Waals surface area contributed by atoms with Gasteiger partial charge in [0.2, 0.25) is 5.91 Å². The van der Waals surface area contributed by atoms with E-state index in [4.69, 9.17) is 9.47 Å². The minimum Gasteiger partial charge on any atom is -0.497 e. The summed E-state index contributed by atoms with van der Waals surface area (Å²) in [7, 11) is 1.61. The van der Waals surface area contributed by atoms with Crippen LogP contribution < -0.4 is 20.3 Å². The van der Waals surface area contributed by atoms with Gasteiger partial charge in [-0.2, -0.15) is 5.10 Å². The average Bonchev–Trinajstić information content (AvgIpc) is 3.33. The number of aromatic amines is 1. The third-order valence-electron chi connectivity index (χ3n) is 5.18. The molecule has 176 valence electrons. The number of nitrogens with zero attached hydrogens (tertiary/aromatic N) is 3. The summed E-state index contributed by atoms with van der Waals surface area (Å²) in [6.45, 7) is 4.37. The van der Waals surface area contributed by atoms with E-state index in [0.717, 1.165) is 11.3 Å². The molecule has 10 heteroatoms. The molecule has 0 fully saturated rings. The first kappa shape index (κ1) is 23.4. The van der Waals surface area contributed by atoms with Gasteiger partial charge in [0.1, 0.15) is 16.9 Å². The van der Waals surface area contributed by atoms with E-state index in [2.05, 4.69) is 20.5 Å². The predicted octanol–water partition coefficient (Wildman–Crippen LogP) is 3.49. The fourth-order valence-electron chi connectivity index (χ4n) is 3.45. The number of carbonyl (C=O) groups excluding carboxylic acids is 1. The van der Waals surface area contributed by atoms with Crippen LogP contribution in [0.4, 0.5) is 0 Å². The van der Waals surface area contributed by atoms with Gasteiger partial charge in [0, 0.05) is 0 Å². The van der Waals surface area contributed by atoms with E-state index in [0.29, 0.717) is 34.2 Å². The molecule has 0 saturated carbocycles. The van der Waals surface area contributed by atoms with Gasteiger partial charge >= 0.3 is 0 Å². The van der Waals surface area contributed by atoms with Crippen LogP contribution in [0.2, 0.25) is 0 Å². The number of fused-ring (bicyclic) bond motifs is 1. The predicted molar refractivity (Wildman–Crippen MR) is 131 cm³/mol. The number of carbonyl (C=O) groups is 1. The van der Waals surface area contributed by atoms with Crippen LogP contribution in [-0.2, 0) is 4.79 Å². The van der Waals surface area contributed by atoms with Crippen molar-refractivity contribution in [1.29, 1.82) is 0 Å². The molecule has 0 radical (unpaired) electrons. The number of hydrogen-bond acceptors (Lipinski definition) is 7. The lowest BCUT2D eigenvalue weighted by molar-refractivity contribution is -0.119. The van der Waals surface area contributed by atoms with E-state index >= 15 is 0 Å². The topological polar surface area (TPSA) is 111 Å². The van der Waals surface area contributed by atoms with Crippen LogP contribution in [-0.4, -0.2) is 45.1 Å². The minimum absolute atomic E-state index is 0.0869. The maximum atomic E-state index is 13.2. The van der Waals surface area contributed by atoms with E-state index in [1.165, 1.54) is 22.5 Å². The molecule has 2 N–H and O–H groups in total. The molecule has 0 saturated heterocycles. The summed E-state index contributed by atoms with van der Waals surface area (Å²) in [5, 5.41) is 10.4. The van der Waals surface area contributed by atoms with Crippen LogP contribution in [0.3, 0.4) is 0 Å². The fraction of sp³-hybridized carbons (Fsp3) is 0.250. The number of methoxy groups -OCH3 is 1. The maximum Gasteiger partial charge on any atom is 0.269 e. The zero-order valence-corrected chi connectivity index (χ0v) is 19.9. The van der Waals surface area contributed by atoms with Crippen molar-refractivity contribution in [2.45, 2.75) is 25.0 Å². The Hall–Kier alpha value is -3.79. The summed E-state index contributed by atoms with van der Waals surface area (Å²) < 4.78 is 12.2. The highest BCUT2D eigenvalue weighted by Gasteiger charge is 2.17. The number of thioether (sulfide) groups is 1. The second-order valence-electron chi connectivity index (χ2n) is 7.45. The number of rotatable bonds is 9. The van der Waals surface area contributed by atoms with Crippen LogP contribution in [0.15, 0.2) is 64.7 Å². The number of aromatic nitrogens is 4. The van der Waals surface area contributed by atoms with Gasteiger partial charge in [0.05, 0.1) is 37.4 Å². The average molecular weight is 480 g/mol. The Morgan fingerprint density at radius 1 is 1.15 bits per heavy atom. The van der Waals surface area contributed by atoms with E-state index < -0.39 is 0 Å². The van der Waals surface area contributed by atoms with Crippen molar-refractivity contribution in [3.8, 4) is 17.2 Å². The van der Waals surface area contributed by atoms with Gasteiger partial charge < -0.3 is 14.8 Å². The van der Waals surface area contributed by atoms with E-state index in [9.17, 15) is 9.59 Å². The lowest BCUT2D eigenvalue weighted by atomic mass is 10.1. The molecule has 9 nitrogen and oxygen atoms in total. The van der Waals surface area contributed by atoms with Crippen LogP contribution in [0.5, 0.6) is 11.5 Å². The van der Waals surface area contributed by atoms with Crippen molar-refractivity contribution < 1.29 is 14.3 Å². The lowest BCUT2D eigenvalue weighted by Gasteiger charge is -2.16. The minimum atomic E-state index is -0.266. The molecule has 0 aliphatic carbocycles. The monoisotopic (exact) mass is 479 g/mol. The number of hydrogen-bond donors (Lipinski definition) is 2. The van der Waals surface area contributed by atoms with Gasteiger partial charge in [0.15, 0.2) is 10.8 Å². The summed E-state index contributed by atoms with van der Waals surface area (Å²) in [5.41, 5.74) is 1.69. The molecule has 2 aromatic heterocycles. The summed E-state index contributed by atoms with van der Waals surface area (Å²) >= 11 is 1.18. The number of nitrogens with one attached hydrogen (secondary N) is 2. The molecular weight excluding hydrogens is 454 g/mol. The molecule has 2 aromatic carbocycles. The Labute approximate surface area is 200 Å². The molecule has 0 unspecified atom stereocenters. The van der Waals surface area contributed by atoms with Gasteiger partial charge in [-0.25, -0.2) is 4.98 Å². The summed E-state index contributed by atoms with van der Waals surface area (Å²) in [5.74, 6) is 1.37. The quantitative estimate of drug-likeness (QED) is 0.279. The molecule has 34 heavy (non-hydrogen) atoms. The molecule has 4 aromatic rings. The number of benzene rings is 2. The fourth-order valence-corrected chi connectivity index (χ4v) is 4.26. The lowest BCUT2D eigenvalue weighted by Crippen LogP contribution is -2.29. The molecule has 2 heterocycles. The van der Waals surface area contributed by atoms with Gasteiger partial charge in [0.25, 0.3) is 5.56 Å². The smallest absolute Gasteiger partial charge is 0.269 e. The third kappa shape index (κ3) is 5.07. The Kier molecular flexibility index (Phi) is 7.17. The SMILES string of the molecule is CCOc1ccc(-n2c(SCC(=O)N[C@@H](C)c3ccc(OC)cc3)nc3[nH]ncc3c2=O)cc1. The van der Waals surface area contributed by atoms with Crippen molar-refractivity contribution in [3.05, 3.63) is 70.6 Å². The van der Waals surface area contributed by atoms with Crippen molar-refractivity contribution in [3.63, 3.8) is 0 Å². The first-order valence-corrected chi connectivity index (χ1v) is 11.7. The Morgan fingerprint density at radius 2 is 1.85 bits per heavy atom. The van der Waals surface area contributed by atoms with Crippen molar-refractivity contribution >= 4 is 28.7 Å². The second-order valence-corrected chi connectivity index (χ2v) is 8.39. The van der Waals surface area contributed by atoms with Crippen LogP contribution in [0, 0.1) is 0 Å². The van der Waals surface area contributed by atoms with Crippen LogP contribution in [0.1, 0.15) is 25.5 Å². The number of amides is 1. The zero-order chi connectivity index (χ0) is 24.1. The molecule has 0 aliphatic rings. The molecule has 4 rings (SSSR count). The molecular formula is C24H25N5O4S.